The van der Waals surface area contributed by atoms with Gasteiger partial charge in [-0.1, -0.05) is 26.0 Å². The van der Waals surface area contributed by atoms with Gasteiger partial charge in [0.15, 0.2) is 6.29 Å². The maximum Gasteiger partial charge on any atom is 0.155 e. The van der Waals surface area contributed by atoms with Gasteiger partial charge >= 0.3 is 0 Å². The quantitative estimate of drug-likeness (QED) is 0.671. The largest absolute Gasteiger partial charge is 0.353 e. The summed E-state index contributed by atoms with van der Waals surface area (Å²) < 4.78 is 23.8. The maximum absolute atomic E-state index is 12.4. The summed E-state index contributed by atoms with van der Waals surface area (Å²) in [5.74, 6) is 1.03. The normalized spacial score (nSPS) is 31.9. The van der Waals surface area contributed by atoms with Gasteiger partial charge in [-0.15, -0.1) is 0 Å². The van der Waals surface area contributed by atoms with Gasteiger partial charge in [0.1, 0.15) is 0 Å². The molecule has 1 heterocycles. The van der Waals surface area contributed by atoms with Crippen molar-refractivity contribution in [2.24, 2.45) is 17.8 Å². The molecule has 0 bridgehead atoms. The average Bonchev–Trinajstić information content (AvgIpc) is 2.29. The summed E-state index contributed by atoms with van der Waals surface area (Å²) in [5.41, 5.74) is 1.13. The molecule has 0 radical (unpaired) electrons. The molecule has 5 atom stereocenters. The van der Waals surface area contributed by atoms with Crippen LogP contribution < -0.4 is 0 Å². The van der Waals surface area contributed by atoms with Crippen LogP contribution in [0.2, 0.25) is 0 Å². The minimum Gasteiger partial charge on any atom is -0.353 e. The van der Waals surface area contributed by atoms with Gasteiger partial charge in [-0.05, 0) is 32.6 Å². The summed E-state index contributed by atoms with van der Waals surface area (Å²) in [7, 11) is 0. The lowest BCUT2D eigenvalue weighted by atomic mass is 9.80. The summed E-state index contributed by atoms with van der Waals surface area (Å²) in [5, 5.41) is 0. The zero-order chi connectivity index (χ0) is 13.7. The third-order valence-corrected chi connectivity index (χ3v) is 3.79. The van der Waals surface area contributed by atoms with Gasteiger partial charge in [-0.3, -0.25) is 4.39 Å². The van der Waals surface area contributed by atoms with Gasteiger partial charge in [0, 0.05) is 11.8 Å². The lowest BCUT2D eigenvalue weighted by molar-refractivity contribution is -0.235. The molecule has 2 nitrogen and oxygen atoms in total. The molecule has 0 saturated carbocycles. The summed E-state index contributed by atoms with van der Waals surface area (Å²) >= 11 is 0. The second-order valence-electron chi connectivity index (χ2n) is 5.75. The van der Waals surface area contributed by atoms with Gasteiger partial charge in [-0.2, -0.15) is 0 Å². The van der Waals surface area contributed by atoms with E-state index in [0.717, 1.165) is 18.6 Å². The molecule has 1 aliphatic heterocycles. The number of ether oxygens (including phenoxy) is 2. The molecule has 5 unspecified atom stereocenters. The van der Waals surface area contributed by atoms with Crippen LogP contribution >= 0.6 is 0 Å². The molecule has 0 amide bonds. The second kappa shape index (κ2) is 7.25. The summed E-state index contributed by atoms with van der Waals surface area (Å²) in [6.07, 6.45) is 1.57. The molecule has 0 spiro atoms. The van der Waals surface area contributed by atoms with E-state index in [4.69, 9.17) is 9.47 Å². The predicted molar refractivity (Wildman–Crippen MR) is 72.1 cm³/mol. The maximum atomic E-state index is 12.4. The van der Waals surface area contributed by atoms with Crippen molar-refractivity contribution in [1.82, 2.24) is 0 Å². The van der Waals surface area contributed by atoms with Gasteiger partial charge in [0.25, 0.3) is 0 Å². The Morgan fingerprint density at radius 2 is 2.11 bits per heavy atom. The summed E-state index contributed by atoms with van der Waals surface area (Å²) in [4.78, 5) is 0. The fourth-order valence-corrected chi connectivity index (χ4v) is 2.62. The standard InChI is InChI=1S/C15H27FO2/c1-10(2)14(8-11(3)6-7-16)15-12(4)9-17-13(5)18-15/h11-15H,1,6-9H2,2-5H3. The van der Waals surface area contributed by atoms with E-state index in [0.29, 0.717) is 24.2 Å². The van der Waals surface area contributed by atoms with E-state index in [2.05, 4.69) is 20.4 Å². The van der Waals surface area contributed by atoms with Gasteiger partial charge < -0.3 is 9.47 Å². The van der Waals surface area contributed by atoms with Crippen LogP contribution in [0.3, 0.4) is 0 Å². The SMILES string of the molecule is C=C(C)C(CC(C)CCF)C1OC(C)OCC1C. The van der Waals surface area contributed by atoms with Crippen LogP contribution in [0.4, 0.5) is 4.39 Å². The first-order chi connectivity index (χ1) is 8.45. The first-order valence-electron chi connectivity index (χ1n) is 6.94. The highest BCUT2D eigenvalue weighted by atomic mass is 19.1. The number of hydrogen-bond donors (Lipinski definition) is 0. The van der Waals surface area contributed by atoms with Gasteiger partial charge in [-0.25, -0.2) is 0 Å². The molecule has 0 aromatic heterocycles. The minimum absolute atomic E-state index is 0.147. The Labute approximate surface area is 111 Å². The Hall–Kier alpha value is -0.410. The zero-order valence-corrected chi connectivity index (χ0v) is 12.1. The van der Waals surface area contributed by atoms with Crippen molar-refractivity contribution in [3.05, 3.63) is 12.2 Å². The molecule has 1 saturated heterocycles. The molecule has 1 rings (SSSR count). The molecule has 1 aliphatic rings. The second-order valence-corrected chi connectivity index (χ2v) is 5.75. The lowest BCUT2D eigenvalue weighted by Gasteiger charge is -2.39. The van der Waals surface area contributed by atoms with E-state index in [9.17, 15) is 4.39 Å². The van der Waals surface area contributed by atoms with Crippen molar-refractivity contribution in [1.29, 1.82) is 0 Å². The fourth-order valence-electron chi connectivity index (χ4n) is 2.62. The zero-order valence-electron chi connectivity index (χ0n) is 12.1. The fraction of sp³-hybridized carbons (Fsp3) is 0.867. The number of alkyl halides is 1. The summed E-state index contributed by atoms with van der Waals surface area (Å²) in [6.45, 7) is 12.8. The molecule has 0 aromatic carbocycles. The highest BCUT2D eigenvalue weighted by Crippen LogP contribution is 2.33. The van der Waals surface area contributed by atoms with Crippen LogP contribution in [0.25, 0.3) is 0 Å². The highest BCUT2D eigenvalue weighted by Gasteiger charge is 2.34. The predicted octanol–water partition coefficient (Wildman–Crippen LogP) is 3.96. The van der Waals surface area contributed by atoms with Crippen molar-refractivity contribution in [2.45, 2.75) is 52.9 Å². The number of rotatable bonds is 6. The first kappa shape index (κ1) is 15.6. The van der Waals surface area contributed by atoms with Crippen molar-refractivity contribution >= 4 is 0 Å². The van der Waals surface area contributed by atoms with Crippen LogP contribution in [0.1, 0.15) is 40.5 Å². The summed E-state index contributed by atoms with van der Waals surface area (Å²) in [6, 6.07) is 0. The van der Waals surface area contributed by atoms with Crippen molar-refractivity contribution in [3.8, 4) is 0 Å². The van der Waals surface area contributed by atoms with E-state index in [1.807, 2.05) is 13.8 Å². The molecule has 0 N–H and O–H groups in total. The molecule has 18 heavy (non-hydrogen) atoms. The van der Waals surface area contributed by atoms with E-state index in [1.54, 1.807) is 0 Å². The third kappa shape index (κ3) is 4.36. The van der Waals surface area contributed by atoms with Crippen molar-refractivity contribution in [2.75, 3.05) is 13.3 Å². The van der Waals surface area contributed by atoms with E-state index < -0.39 is 0 Å². The molecular weight excluding hydrogens is 231 g/mol. The average molecular weight is 258 g/mol. The molecule has 1 fully saturated rings. The van der Waals surface area contributed by atoms with Crippen LogP contribution in [-0.2, 0) is 9.47 Å². The molecule has 106 valence electrons. The first-order valence-corrected chi connectivity index (χ1v) is 6.94. The minimum atomic E-state index is -0.245. The van der Waals surface area contributed by atoms with Crippen LogP contribution in [0.15, 0.2) is 12.2 Å². The van der Waals surface area contributed by atoms with Gasteiger partial charge in [0.2, 0.25) is 0 Å². The van der Waals surface area contributed by atoms with Crippen LogP contribution in [-0.4, -0.2) is 25.7 Å². The van der Waals surface area contributed by atoms with Crippen LogP contribution in [0.5, 0.6) is 0 Å². The number of halogens is 1. The third-order valence-electron chi connectivity index (χ3n) is 3.79. The Morgan fingerprint density at radius 3 is 2.67 bits per heavy atom. The van der Waals surface area contributed by atoms with E-state index in [1.165, 1.54) is 0 Å². The molecule has 3 heteroatoms. The molecular formula is C15H27FO2. The Morgan fingerprint density at radius 1 is 1.44 bits per heavy atom. The molecule has 0 aliphatic carbocycles. The van der Waals surface area contributed by atoms with E-state index >= 15 is 0 Å². The Kier molecular flexibility index (Phi) is 6.30. The monoisotopic (exact) mass is 258 g/mol. The van der Waals surface area contributed by atoms with Crippen molar-refractivity contribution in [3.63, 3.8) is 0 Å². The van der Waals surface area contributed by atoms with Crippen molar-refractivity contribution < 1.29 is 13.9 Å². The van der Waals surface area contributed by atoms with E-state index in [-0.39, 0.29) is 19.1 Å². The lowest BCUT2D eigenvalue weighted by Crippen LogP contribution is -2.42. The smallest absolute Gasteiger partial charge is 0.155 e. The topological polar surface area (TPSA) is 18.5 Å². The Bertz CT molecular complexity index is 267. The highest BCUT2D eigenvalue weighted by molar-refractivity contribution is 5.02. The molecule has 0 aromatic rings. The van der Waals surface area contributed by atoms with Gasteiger partial charge in [0.05, 0.1) is 19.4 Å². The van der Waals surface area contributed by atoms with Crippen LogP contribution in [0, 0.1) is 17.8 Å². The number of hydrogen-bond acceptors (Lipinski definition) is 2. The Balaban J connectivity index is 2.67.